The van der Waals surface area contributed by atoms with Gasteiger partial charge >= 0.3 is 0 Å². The molecule has 1 amide bonds. The summed E-state index contributed by atoms with van der Waals surface area (Å²) in [6, 6.07) is -0.0314. The number of carbonyl (C=O) groups excluding carboxylic acids is 1. The van der Waals surface area contributed by atoms with Crippen molar-refractivity contribution in [1.82, 2.24) is 29.9 Å². The van der Waals surface area contributed by atoms with Gasteiger partial charge in [-0.1, -0.05) is 0 Å². The van der Waals surface area contributed by atoms with Crippen LogP contribution in [-0.2, 0) is 5.54 Å². The largest absolute Gasteiger partial charge is 0.328 e. The van der Waals surface area contributed by atoms with E-state index < -0.39 is 0 Å². The van der Waals surface area contributed by atoms with Gasteiger partial charge in [0, 0.05) is 12.7 Å². The molecule has 7 heteroatoms. The van der Waals surface area contributed by atoms with E-state index in [9.17, 15) is 4.79 Å². The Morgan fingerprint density at radius 2 is 2.13 bits per heavy atom. The second-order valence-electron chi connectivity index (χ2n) is 7.12. The topological polar surface area (TPSA) is 79.7 Å². The summed E-state index contributed by atoms with van der Waals surface area (Å²) in [6.07, 6.45) is 6.38. The van der Waals surface area contributed by atoms with Crippen LogP contribution in [0, 0.1) is 6.92 Å². The number of piperidine rings is 1. The molecule has 0 unspecified atom stereocenters. The van der Waals surface area contributed by atoms with Gasteiger partial charge in [0.1, 0.15) is 12.2 Å². The molecule has 1 aliphatic heterocycles. The molecule has 1 atom stereocenters. The summed E-state index contributed by atoms with van der Waals surface area (Å²) in [7, 11) is 0. The number of hydrogen-bond donors (Lipinski definition) is 1. The number of H-pyrrole nitrogens is 1. The number of likely N-dealkylation sites (tertiary alicyclic amines) is 1. The van der Waals surface area contributed by atoms with E-state index in [1.54, 1.807) is 0 Å². The molecule has 2 aromatic heterocycles. The van der Waals surface area contributed by atoms with Gasteiger partial charge in [-0.25, -0.2) is 4.98 Å². The number of nitrogens with zero attached hydrogens (tertiary/aromatic N) is 5. The molecule has 3 rings (SSSR count). The Kier molecular flexibility index (Phi) is 3.95. The van der Waals surface area contributed by atoms with Crippen molar-refractivity contribution in [3.8, 4) is 0 Å². The molecule has 0 aromatic carbocycles. The predicted molar refractivity (Wildman–Crippen MR) is 86.0 cm³/mol. The Balaban J connectivity index is 1.91. The number of nitrogens with one attached hydrogen (secondary N) is 1. The molecule has 0 radical (unpaired) electrons. The first-order valence-corrected chi connectivity index (χ1v) is 8.11. The van der Waals surface area contributed by atoms with Crippen LogP contribution < -0.4 is 0 Å². The summed E-state index contributed by atoms with van der Waals surface area (Å²) < 4.78 is 1.86. The fourth-order valence-electron chi connectivity index (χ4n) is 3.00. The zero-order valence-corrected chi connectivity index (χ0v) is 14.2. The van der Waals surface area contributed by atoms with Crippen LogP contribution in [0.2, 0.25) is 0 Å². The number of rotatable bonds is 2. The van der Waals surface area contributed by atoms with E-state index in [4.69, 9.17) is 0 Å². The summed E-state index contributed by atoms with van der Waals surface area (Å²) in [6.45, 7) is 8.86. The van der Waals surface area contributed by atoms with Gasteiger partial charge in [0.05, 0.1) is 22.8 Å². The highest BCUT2D eigenvalue weighted by Gasteiger charge is 2.32. The van der Waals surface area contributed by atoms with Gasteiger partial charge in [-0.15, -0.1) is 0 Å². The second kappa shape index (κ2) is 5.79. The van der Waals surface area contributed by atoms with Gasteiger partial charge in [-0.3, -0.25) is 14.6 Å². The van der Waals surface area contributed by atoms with Crippen molar-refractivity contribution in [2.24, 2.45) is 0 Å². The van der Waals surface area contributed by atoms with Gasteiger partial charge in [-0.2, -0.15) is 10.2 Å². The quantitative estimate of drug-likeness (QED) is 0.923. The SMILES string of the molecule is Cc1nn(C(C)(C)C)cc1C(=O)N1CCCC[C@@H]1c1ncn[nH]1. The normalized spacial score (nSPS) is 19.1. The first-order chi connectivity index (χ1) is 10.9. The van der Waals surface area contributed by atoms with E-state index >= 15 is 0 Å². The standard InChI is InChI=1S/C16H24N6O/c1-11-12(9-22(20-11)16(2,3)4)15(23)21-8-6-5-7-13(21)14-17-10-18-19-14/h9-10,13H,5-8H2,1-4H3,(H,17,18,19)/t13-/m1/s1. The average molecular weight is 316 g/mol. The Hall–Kier alpha value is -2.18. The Bertz CT molecular complexity index is 682. The molecule has 1 N–H and O–H groups in total. The molecule has 1 aliphatic rings. The molecular weight excluding hydrogens is 292 g/mol. The van der Waals surface area contributed by atoms with Crippen molar-refractivity contribution in [3.05, 3.63) is 29.6 Å². The smallest absolute Gasteiger partial charge is 0.257 e. The third-order valence-electron chi connectivity index (χ3n) is 4.33. The van der Waals surface area contributed by atoms with Crippen LogP contribution in [0.3, 0.4) is 0 Å². The summed E-state index contributed by atoms with van der Waals surface area (Å²) >= 11 is 0. The van der Waals surface area contributed by atoms with Crippen molar-refractivity contribution < 1.29 is 4.79 Å². The maximum absolute atomic E-state index is 13.1. The highest BCUT2D eigenvalue weighted by Crippen LogP contribution is 2.30. The summed E-state index contributed by atoms with van der Waals surface area (Å²) in [5, 5.41) is 11.4. The van der Waals surface area contributed by atoms with Gasteiger partial charge in [0.25, 0.3) is 5.91 Å². The number of amides is 1. The molecule has 0 aliphatic carbocycles. The van der Waals surface area contributed by atoms with Crippen LogP contribution in [0.25, 0.3) is 0 Å². The minimum Gasteiger partial charge on any atom is -0.328 e. The van der Waals surface area contributed by atoms with Crippen LogP contribution in [0.15, 0.2) is 12.5 Å². The minimum atomic E-state index is -0.143. The predicted octanol–water partition coefficient (Wildman–Crippen LogP) is 2.43. The van der Waals surface area contributed by atoms with E-state index in [1.165, 1.54) is 6.33 Å². The Morgan fingerprint density at radius 1 is 1.35 bits per heavy atom. The monoisotopic (exact) mass is 316 g/mol. The van der Waals surface area contributed by atoms with Crippen LogP contribution in [0.4, 0.5) is 0 Å². The molecule has 0 saturated carbocycles. The van der Waals surface area contributed by atoms with Crippen molar-refractivity contribution in [1.29, 1.82) is 0 Å². The Morgan fingerprint density at radius 3 is 2.74 bits per heavy atom. The number of aryl methyl sites for hydroxylation is 1. The highest BCUT2D eigenvalue weighted by molar-refractivity contribution is 5.95. The zero-order valence-electron chi connectivity index (χ0n) is 14.2. The van der Waals surface area contributed by atoms with Crippen molar-refractivity contribution >= 4 is 5.91 Å². The van der Waals surface area contributed by atoms with Crippen LogP contribution in [0.1, 0.15) is 68.0 Å². The van der Waals surface area contributed by atoms with E-state index in [-0.39, 0.29) is 17.5 Å². The van der Waals surface area contributed by atoms with Crippen molar-refractivity contribution in [3.63, 3.8) is 0 Å². The molecule has 0 spiro atoms. The van der Waals surface area contributed by atoms with Crippen molar-refractivity contribution in [2.75, 3.05) is 6.54 Å². The molecule has 0 bridgehead atoms. The molecule has 23 heavy (non-hydrogen) atoms. The maximum atomic E-state index is 13.1. The molecule has 7 nitrogen and oxygen atoms in total. The first-order valence-electron chi connectivity index (χ1n) is 8.11. The lowest BCUT2D eigenvalue weighted by Gasteiger charge is -2.34. The molecule has 3 heterocycles. The maximum Gasteiger partial charge on any atom is 0.257 e. The summed E-state index contributed by atoms with van der Waals surface area (Å²) in [4.78, 5) is 19.2. The minimum absolute atomic E-state index is 0.0269. The lowest BCUT2D eigenvalue weighted by atomic mass is 10.0. The van der Waals surface area contributed by atoms with E-state index in [1.807, 2.05) is 22.7 Å². The first kappa shape index (κ1) is 15.7. The molecule has 124 valence electrons. The van der Waals surface area contributed by atoms with Crippen LogP contribution >= 0.6 is 0 Å². The van der Waals surface area contributed by atoms with Crippen LogP contribution in [-0.4, -0.2) is 42.3 Å². The van der Waals surface area contributed by atoms with Gasteiger partial charge in [0.15, 0.2) is 0 Å². The Labute approximate surface area is 136 Å². The van der Waals surface area contributed by atoms with E-state index in [2.05, 4.69) is 41.1 Å². The fraction of sp³-hybridized carbons (Fsp3) is 0.625. The lowest BCUT2D eigenvalue weighted by molar-refractivity contribution is 0.0599. The zero-order chi connectivity index (χ0) is 16.6. The number of aromatic nitrogens is 5. The van der Waals surface area contributed by atoms with Gasteiger partial charge < -0.3 is 4.90 Å². The third-order valence-corrected chi connectivity index (χ3v) is 4.33. The molecule has 1 fully saturated rings. The highest BCUT2D eigenvalue weighted by atomic mass is 16.2. The second-order valence-corrected chi connectivity index (χ2v) is 7.12. The number of hydrogen-bond acceptors (Lipinski definition) is 4. The van der Waals surface area contributed by atoms with E-state index in [0.29, 0.717) is 5.56 Å². The third kappa shape index (κ3) is 3.00. The number of carbonyl (C=O) groups is 1. The van der Waals surface area contributed by atoms with Gasteiger partial charge in [0.2, 0.25) is 0 Å². The molecule has 1 saturated heterocycles. The van der Waals surface area contributed by atoms with E-state index in [0.717, 1.165) is 37.3 Å². The summed E-state index contributed by atoms with van der Waals surface area (Å²) in [5.74, 6) is 0.790. The molecule has 2 aromatic rings. The van der Waals surface area contributed by atoms with Crippen molar-refractivity contribution in [2.45, 2.75) is 58.5 Å². The molecular formula is C16H24N6O. The summed E-state index contributed by atoms with van der Waals surface area (Å²) in [5.41, 5.74) is 1.30. The van der Waals surface area contributed by atoms with Crippen LogP contribution in [0.5, 0.6) is 0 Å². The number of aromatic amines is 1. The lowest BCUT2D eigenvalue weighted by Crippen LogP contribution is -2.39. The average Bonchev–Trinajstić information content (AvgIpc) is 3.15. The van der Waals surface area contributed by atoms with Gasteiger partial charge in [-0.05, 0) is 47.0 Å². The fourth-order valence-corrected chi connectivity index (χ4v) is 3.00.